The Morgan fingerprint density at radius 2 is 1.96 bits per heavy atom. The van der Waals surface area contributed by atoms with Gasteiger partial charge in [0.25, 0.3) is 5.69 Å². The van der Waals surface area contributed by atoms with E-state index in [4.69, 9.17) is 0 Å². The minimum Gasteiger partial charge on any atom is -0.379 e. The second-order valence-corrected chi connectivity index (χ2v) is 5.05. The molecule has 2 N–H and O–H groups in total. The minimum absolute atomic E-state index is 0.00329. The third kappa shape index (κ3) is 4.81. The van der Waals surface area contributed by atoms with E-state index in [9.17, 15) is 14.9 Å². The zero-order valence-electron chi connectivity index (χ0n) is 12.9. The number of hydrogen-bond acceptors (Lipinski definition) is 4. The van der Waals surface area contributed by atoms with Gasteiger partial charge in [0.1, 0.15) is 5.69 Å². The molecule has 0 saturated heterocycles. The van der Waals surface area contributed by atoms with Crippen molar-refractivity contribution in [1.29, 1.82) is 0 Å². The van der Waals surface area contributed by atoms with Gasteiger partial charge in [-0.05, 0) is 30.2 Å². The summed E-state index contributed by atoms with van der Waals surface area (Å²) in [6, 6.07) is 14.1. The van der Waals surface area contributed by atoms with Gasteiger partial charge in [-0.1, -0.05) is 31.2 Å². The van der Waals surface area contributed by atoms with E-state index < -0.39 is 4.92 Å². The zero-order chi connectivity index (χ0) is 16.7. The van der Waals surface area contributed by atoms with Crippen molar-refractivity contribution in [3.63, 3.8) is 0 Å². The van der Waals surface area contributed by atoms with E-state index in [0.29, 0.717) is 12.2 Å². The Bertz CT molecular complexity index is 701. The molecule has 0 bridgehead atoms. The number of carbonyl (C=O) groups excluding carboxylic acids is 1. The smallest absolute Gasteiger partial charge is 0.292 e. The Labute approximate surface area is 134 Å². The van der Waals surface area contributed by atoms with Crippen molar-refractivity contribution in [3.05, 3.63) is 64.2 Å². The molecule has 120 valence electrons. The van der Waals surface area contributed by atoms with E-state index >= 15 is 0 Å². The van der Waals surface area contributed by atoms with Gasteiger partial charge in [-0.15, -0.1) is 0 Å². The van der Waals surface area contributed by atoms with Gasteiger partial charge >= 0.3 is 0 Å². The van der Waals surface area contributed by atoms with Crippen LogP contribution in [0.3, 0.4) is 0 Å². The number of carbonyl (C=O) groups is 1. The average Bonchev–Trinajstić information content (AvgIpc) is 2.55. The molecule has 0 spiro atoms. The maximum atomic E-state index is 11.9. The molecular formula is C17H19N3O3. The van der Waals surface area contributed by atoms with Crippen LogP contribution < -0.4 is 10.6 Å². The second kappa shape index (κ2) is 7.93. The Balaban J connectivity index is 1.86. The summed E-state index contributed by atoms with van der Waals surface area (Å²) in [6.45, 7) is 2.38. The van der Waals surface area contributed by atoms with Crippen LogP contribution in [0.4, 0.5) is 17.1 Å². The highest BCUT2D eigenvalue weighted by Crippen LogP contribution is 2.22. The maximum Gasteiger partial charge on any atom is 0.292 e. The van der Waals surface area contributed by atoms with E-state index in [1.165, 1.54) is 6.07 Å². The summed E-state index contributed by atoms with van der Waals surface area (Å²) in [5, 5.41) is 16.7. The number of nitrogens with one attached hydrogen (secondary N) is 2. The number of amides is 1. The highest BCUT2D eigenvalue weighted by atomic mass is 16.6. The molecule has 0 aliphatic rings. The first-order valence-corrected chi connectivity index (χ1v) is 7.46. The van der Waals surface area contributed by atoms with Crippen LogP contribution in [0.1, 0.15) is 18.9 Å². The van der Waals surface area contributed by atoms with Crippen molar-refractivity contribution in [2.75, 3.05) is 17.2 Å². The topological polar surface area (TPSA) is 84.3 Å². The largest absolute Gasteiger partial charge is 0.379 e. The number of rotatable bonds is 7. The van der Waals surface area contributed by atoms with Crippen molar-refractivity contribution in [2.24, 2.45) is 0 Å². The summed E-state index contributed by atoms with van der Waals surface area (Å²) in [5.41, 5.74) is 2.34. The summed E-state index contributed by atoms with van der Waals surface area (Å²) in [6.07, 6.45) is 1.13. The predicted octanol–water partition coefficient (Wildman–Crippen LogP) is 3.60. The number of hydrogen-bond donors (Lipinski definition) is 2. The molecule has 0 radical (unpaired) electrons. The molecule has 0 aliphatic heterocycles. The predicted molar refractivity (Wildman–Crippen MR) is 90.7 cm³/mol. The van der Waals surface area contributed by atoms with Crippen LogP contribution in [0.2, 0.25) is 0 Å². The molecule has 2 rings (SSSR count). The fourth-order valence-electron chi connectivity index (χ4n) is 2.19. The Morgan fingerprint density at radius 1 is 1.17 bits per heavy atom. The lowest BCUT2D eigenvalue weighted by molar-refractivity contribution is -0.384. The van der Waals surface area contributed by atoms with E-state index in [0.717, 1.165) is 17.7 Å². The summed E-state index contributed by atoms with van der Waals surface area (Å²) in [4.78, 5) is 22.4. The third-order valence-corrected chi connectivity index (χ3v) is 3.39. The van der Waals surface area contributed by atoms with Crippen molar-refractivity contribution in [3.8, 4) is 0 Å². The van der Waals surface area contributed by atoms with Gasteiger partial charge < -0.3 is 10.6 Å². The average molecular weight is 313 g/mol. The van der Waals surface area contributed by atoms with Crippen LogP contribution in [0, 0.1) is 10.1 Å². The lowest BCUT2D eigenvalue weighted by Gasteiger charge is -2.08. The van der Waals surface area contributed by atoms with Crippen molar-refractivity contribution >= 4 is 23.0 Å². The SMILES string of the molecule is CCc1cccc(NC(=O)CCNc2ccccc2[N+](=O)[O-])c1. The standard InChI is InChI=1S/C17H19N3O3/c1-2-13-6-5-7-14(12-13)19-17(21)10-11-18-15-8-3-4-9-16(15)20(22)23/h3-9,12,18H,2,10-11H2,1H3,(H,19,21). The molecule has 23 heavy (non-hydrogen) atoms. The monoisotopic (exact) mass is 313 g/mol. The van der Waals surface area contributed by atoms with E-state index in [2.05, 4.69) is 17.6 Å². The van der Waals surface area contributed by atoms with Crippen LogP contribution in [-0.2, 0) is 11.2 Å². The van der Waals surface area contributed by atoms with Gasteiger partial charge in [-0.3, -0.25) is 14.9 Å². The maximum absolute atomic E-state index is 11.9. The fraction of sp³-hybridized carbons (Fsp3) is 0.235. The lowest BCUT2D eigenvalue weighted by Crippen LogP contribution is -2.16. The third-order valence-electron chi connectivity index (χ3n) is 3.39. The van der Waals surface area contributed by atoms with Gasteiger partial charge in [-0.2, -0.15) is 0 Å². The first-order chi connectivity index (χ1) is 11.1. The Kier molecular flexibility index (Phi) is 5.68. The molecule has 0 fully saturated rings. The summed E-state index contributed by atoms with van der Waals surface area (Å²) in [5.74, 6) is -0.135. The van der Waals surface area contributed by atoms with Gasteiger partial charge in [0.15, 0.2) is 0 Å². The minimum atomic E-state index is -0.446. The van der Waals surface area contributed by atoms with E-state index in [-0.39, 0.29) is 18.0 Å². The van der Waals surface area contributed by atoms with Gasteiger partial charge in [0.2, 0.25) is 5.91 Å². The molecule has 6 nitrogen and oxygen atoms in total. The normalized spacial score (nSPS) is 10.1. The Morgan fingerprint density at radius 3 is 2.70 bits per heavy atom. The van der Waals surface area contributed by atoms with Crippen LogP contribution in [0.25, 0.3) is 0 Å². The van der Waals surface area contributed by atoms with Gasteiger partial charge in [-0.25, -0.2) is 0 Å². The molecule has 2 aromatic carbocycles. The van der Waals surface area contributed by atoms with Crippen LogP contribution in [-0.4, -0.2) is 17.4 Å². The van der Waals surface area contributed by atoms with Crippen LogP contribution >= 0.6 is 0 Å². The molecule has 0 aliphatic carbocycles. The summed E-state index contributed by atoms with van der Waals surface area (Å²) in [7, 11) is 0. The molecule has 0 unspecified atom stereocenters. The van der Waals surface area contributed by atoms with Crippen LogP contribution in [0.5, 0.6) is 0 Å². The number of nitrogens with zero attached hydrogens (tertiary/aromatic N) is 1. The summed E-state index contributed by atoms with van der Waals surface area (Å²) < 4.78 is 0. The first kappa shape index (κ1) is 16.5. The van der Waals surface area contributed by atoms with Gasteiger partial charge in [0.05, 0.1) is 4.92 Å². The molecule has 0 aromatic heterocycles. The van der Waals surface area contributed by atoms with E-state index in [1.54, 1.807) is 18.2 Å². The zero-order valence-corrected chi connectivity index (χ0v) is 12.9. The number of para-hydroxylation sites is 2. The van der Waals surface area contributed by atoms with Crippen molar-refractivity contribution < 1.29 is 9.72 Å². The fourth-order valence-corrected chi connectivity index (χ4v) is 2.19. The number of nitro benzene ring substituents is 1. The molecule has 2 aromatic rings. The molecule has 0 heterocycles. The number of aryl methyl sites for hydroxylation is 1. The second-order valence-electron chi connectivity index (χ2n) is 5.05. The van der Waals surface area contributed by atoms with Crippen molar-refractivity contribution in [1.82, 2.24) is 0 Å². The highest BCUT2D eigenvalue weighted by molar-refractivity contribution is 5.91. The molecule has 6 heteroatoms. The molecular weight excluding hydrogens is 294 g/mol. The Hall–Kier alpha value is -2.89. The molecule has 0 saturated carbocycles. The number of anilines is 2. The summed E-state index contributed by atoms with van der Waals surface area (Å²) >= 11 is 0. The number of benzene rings is 2. The van der Waals surface area contributed by atoms with E-state index in [1.807, 2.05) is 24.3 Å². The molecule has 1 amide bonds. The lowest BCUT2D eigenvalue weighted by atomic mass is 10.1. The molecule has 0 atom stereocenters. The van der Waals surface area contributed by atoms with Gasteiger partial charge in [0, 0.05) is 24.7 Å². The quantitative estimate of drug-likeness (QED) is 0.604. The van der Waals surface area contributed by atoms with Crippen LogP contribution in [0.15, 0.2) is 48.5 Å². The first-order valence-electron chi connectivity index (χ1n) is 7.46. The van der Waals surface area contributed by atoms with Crippen molar-refractivity contribution in [2.45, 2.75) is 19.8 Å². The highest BCUT2D eigenvalue weighted by Gasteiger charge is 2.12. The number of nitro groups is 1.